The highest BCUT2D eigenvalue weighted by molar-refractivity contribution is 5.32. The summed E-state index contributed by atoms with van der Waals surface area (Å²) in [6, 6.07) is 0.814. The summed E-state index contributed by atoms with van der Waals surface area (Å²) in [5.41, 5.74) is -2.39. The summed E-state index contributed by atoms with van der Waals surface area (Å²) in [5, 5.41) is 0. The van der Waals surface area contributed by atoms with Crippen LogP contribution in [0.1, 0.15) is 31.9 Å². The van der Waals surface area contributed by atoms with Crippen LogP contribution >= 0.6 is 0 Å². The lowest BCUT2D eigenvalue weighted by Crippen LogP contribution is -2.17. The Morgan fingerprint density at radius 1 is 0.812 bits per heavy atom. The largest absolute Gasteiger partial charge is 0.419 e. The van der Waals surface area contributed by atoms with Crippen LogP contribution in [0.4, 0.5) is 22.0 Å². The van der Waals surface area contributed by atoms with Crippen LogP contribution < -0.4 is 0 Å². The zero-order chi connectivity index (χ0) is 12.7. The van der Waals surface area contributed by atoms with E-state index < -0.39 is 28.8 Å². The van der Waals surface area contributed by atoms with Gasteiger partial charge in [0.25, 0.3) is 0 Å². The second-order valence-electron chi connectivity index (χ2n) is 4.56. The van der Waals surface area contributed by atoms with Crippen molar-refractivity contribution < 1.29 is 22.0 Å². The van der Waals surface area contributed by atoms with Crippen molar-refractivity contribution in [2.75, 3.05) is 0 Å². The molecule has 0 spiro atoms. The summed E-state index contributed by atoms with van der Waals surface area (Å²) in [6.07, 6.45) is -4.81. The summed E-state index contributed by atoms with van der Waals surface area (Å²) in [7, 11) is 0. The summed E-state index contributed by atoms with van der Waals surface area (Å²) in [4.78, 5) is 0. The van der Waals surface area contributed by atoms with Crippen molar-refractivity contribution in [1.29, 1.82) is 0 Å². The fourth-order valence-corrected chi connectivity index (χ4v) is 1.34. The lowest BCUT2D eigenvalue weighted by molar-refractivity contribution is -0.140. The third-order valence-corrected chi connectivity index (χ3v) is 2.17. The average Bonchev–Trinajstić information content (AvgIpc) is 1.97. The Labute approximate surface area is 90.1 Å². The first kappa shape index (κ1) is 12.9. The van der Waals surface area contributed by atoms with E-state index in [0.717, 1.165) is 0 Å². The third-order valence-electron chi connectivity index (χ3n) is 2.17. The first-order chi connectivity index (χ1) is 7.03. The van der Waals surface area contributed by atoms with Crippen molar-refractivity contribution in [3.8, 4) is 0 Å². The normalized spacial score (nSPS) is 13.0. The van der Waals surface area contributed by atoms with E-state index in [1.54, 1.807) is 20.8 Å². The van der Waals surface area contributed by atoms with Gasteiger partial charge in [0.1, 0.15) is 11.6 Å². The van der Waals surface area contributed by atoms with Gasteiger partial charge in [-0.1, -0.05) is 20.8 Å². The fraction of sp³-hybridized carbons (Fsp3) is 0.455. The monoisotopic (exact) mass is 238 g/mol. The van der Waals surface area contributed by atoms with Gasteiger partial charge in [-0.2, -0.15) is 13.2 Å². The van der Waals surface area contributed by atoms with Crippen LogP contribution in [-0.4, -0.2) is 0 Å². The molecule has 1 aromatic carbocycles. The number of alkyl halides is 3. The molecule has 16 heavy (non-hydrogen) atoms. The first-order valence-corrected chi connectivity index (χ1v) is 4.60. The molecule has 0 aromatic heterocycles. The van der Waals surface area contributed by atoms with Crippen LogP contribution in [0.5, 0.6) is 0 Å². The molecule has 5 heteroatoms. The van der Waals surface area contributed by atoms with E-state index >= 15 is 0 Å². The first-order valence-electron chi connectivity index (χ1n) is 4.60. The van der Waals surface area contributed by atoms with Crippen LogP contribution in [0.3, 0.4) is 0 Å². The summed E-state index contributed by atoms with van der Waals surface area (Å²) >= 11 is 0. The fourth-order valence-electron chi connectivity index (χ4n) is 1.34. The maximum absolute atomic E-state index is 13.3. The molecule has 0 N–H and O–H groups in total. The van der Waals surface area contributed by atoms with Crippen LogP contribution in [0.25, 0.3) is 0 Å². The predicted octanol–water partition coefficient (Wildman–Crippen LogP) is 4.28. The van der Waals surface area contributed by atoms with Gasteiger partial charge in [-0.15, -0.1) is 0 Å². The number of hydrogen-bond acceptors (Lipinski definition) is 0. The van der Waals surface area contributed by atoms with Gasteiger partial charge in [0.2, 0.25) is 0 Å². The molecule has 0 atom stereocenters. The number of rotatable bonds is 0. The molecule has 0 heterocycles. The Morgan fingerprint density at radius 2 is 1.25 bits per heavy atom. The Morgan fingerprint density at radius 3 is 1.62 bits per heavy atom. The lowest BCUT2D eigenvalue weighted by atomic mass is 9.85. The van der Waals surface area contributed by atoms with Gasteiger partial charge < -0.3 is 0 Å². The maximum Gasteiger partial charge on any atom is 0.419 e. The molecule has 0 fully saturated rings. The Hall–Kier alpha value is -1.13. The molecule has 0 unspecified atom stereocenters. The molecule has 90 valence electrons. The Bertz CT molecular complexity index is 363. The van der Waals surface area contributed by atoms with Gasteiger partial charge in [0.05, 0.1) is 5.56 Å². The topological polar surface area (TPSA) is 0 Å². The highest BCUT2D eigenvalue weighted by atomic mass is 19.4. The molecule has 0 saturated carbocycles. The smallest absolute Gasteiger partial charge is 0.207 e. The van der Waals surface area contributed by atoms with Gasteiger partial charge in [0, 0.05) is 6.07 Å². The molecule has 0 bridgehead atoms. The van der Waals surface area contributed by atoms with Crippen LogP contribution in [0, 0.1) is 11.6 Å². The molecule has 0 amide bonds. The lowest BCUT2D eigenvalue weighted by Gasteiger charge is -2.21. The third kappa shape index (κ3) is 2.51. The predicted molar refractivity (Wildman–Crippen MR) is 50.1 cm³/mol. The van der Waals surface area contributed by atoms with Crippen molar-refractivity contribution in [3.05, 3.63) is 34.9 Å². The van der Waals surface area contributed by atoms with Crippen molar-refractivity contribution >= 4 is 0 Å². The van der Waals surface area contributed by atoms with E-state index in [2.05, 4.69) is 0 Å². The van der Waals surface area contributed by atoms with E-state index in [1.807, 2.05) is 0 Å². The molecule has 0 aliphatic rings. The van der Waals surface area contributed by atoms with E-state index in [-0.39, 0.29) is 11.6 Å². The molecule has 1 aromatic rings. The highest BCUT2D eigenvalue weighted by Crippen LogP contribution is 2.35. The van der Waals surface area contributed by atoms with Gasteiger partial charge >= 0.3 is 6.18 Å². The zero-order valence-corrected chi connectivity index (χ0v) is 9.04. The minimum atomic E-state index is -4.81. The molecule has 0 aliphatic heterocycles. The van der Waals surface area contributed by atoms with Gasteiger partial charge in [-0.3, -0.25) is 0 Å². The van der Waals surface area contributed by atoms with Gasteiger partial charge in [-0.05, 0) is 17.0 Å². The van der Waals surface area contributed by atoms with E-state index in [0.29, 0.717) is 6.07 Å². The summed E-state index contributed by atoms with van der Waals surface area (Å²) in [6.45, 7) is 4.68. The molecular formula is C11H11F5. The molecular weight excluding hydrogens is 227 g/mol. The molecule has 1 rings (SSSR count). The summed E-state index contributed by atoms with van der Waals surface area (Å²) < 4.78 is 63.4. The van der Waals surface area contributed by atoms with Gasteiger partial charge in [-0.25, -0.2) is 8.78 Å². The minimum absolute atomic E-state index is 0.152. The zero-order valence-electron chi connectivity index (χ0n) is 9.04. The molecule has 0 nitrogen and oxygen atoms in total. The number of benzene rings is 1. The Kier molecular flexibility index (Phi) is 3.00. The molecule has 0 radical (unpaired) electrons. The second-order valence-corrected chi connectivity index (χ2v) is 4.56. The number of hydrogen-bond donors (Lipinski definition) is 0. The number of halogens is 5. The minimum Gasteiger partial charge on any atom is -0.207 e. The van der Waals surface area contributed by atoms with Crippen molar-refractivity contribution in [2.45, 2.75) is 32.4 Å². The van der Waals surface area contributed by atoms with Gasteiger partial charge in [0.15, 0.2) is 0 Å². The van der Waals surface area contributed by atoms with Crippen LogP contribution in [-0.2, 0) is 11.6 Å². The quantitative estimate of drug-likeness (QED) is 0.592. The SMILES string of the molecule is CC(C)(C)c1cc(C(F)(F)F)c(F)cc1F. The second kappa shape index (κ2) is 3.71. The summed E-state index contributed by atoms with van der Waals surface area (Å²) in [5.74, 6) is -2.55. The van der Waals surface area contributed by atoms with Crippen molar-refractivity contribution in [2.24, 2.45) is 0 Å². The van der Waals surface area contributed by atoms with Crippen LogP contribution in [0.2, 0.25) is 0 Å². The Balaban J connectivity index is 3.45. The van der Waals surface area contributed by atoms with E-state index in [1.165, 1.54) is 0 Å². The molecule has 0 aliphatic carbocycles. The van der Waals surface area contributed by atoms with Crippen molar-refractivity contribution in [1.82, 2.24) is 0 Å². The van der Waals surface area contributed by atoms with Crippen molar-refractivity contribution in [3.63, 3.8) is 0 Å². The van der Waals surface area contributed by atoms with Crippen LogP contribution in [0.15, 0.2) is 12.1 Å². The standard InChI is InChI=1S/C11H11F5/c1-10(2,3)6-4-7(11(14,15)16)9(13)5-8(6)12/h4-5H,1-3H3. The molecule has 0 saturated heterocycles. The highest BCUT2D eigenvalue weighted by Gasteiger charge is 2.36. The van der Waals surface area contributed by atoms with E-state index in [4.69, 9.17) is 0 Å². The van der Waals surface area contributed by atoms with E-state index in [9.17, 15) is 22.0 Å². The average molecular weight is 238 g/mol. The maximum atomic E-state index is 13.3.